The number of esters is 1. The maximum atomic E-state index is 12.9. The molecule has 3 amide bonds. The maximum Gasteiger partial charge on any atom is 0.410 e. The summed E-state index contributed by atoms with van der Waals surface area (Å²) in [7, 11) is 1.34. The van der Waals surface area contributed by atoms with Crippen LogP contribution in [0, 0.1) is 0 Å². The van der Waals surface area contributed by atoms with Gasteiger partial charge in [-0.3, -0.25) is 4.90 Å². The Morgan fingerprint density at radius 1 is 1.10 bits per heavy atom. The molecule has 2 saturated heterocycles. The SMILES string of the molecule is COC(=O)C=C(C)c1ccc(N2C[C@@H]3CN(C(=O)OC(C)(C)C)CCN3C2=O)cc1. The number of carbonyl (C=O) groups excluding carboxylic acids is 3. The van der Waals surface area contributed by atoms with Crippen LogP contribution in [0.2, 0.25) is 0 Å². The van der Waals surface area contributed by atoms with Gasteiger partial charge >= 0.3 is 18.1 Å². The van der Waals surface area contributed by atoms with Crippen molar-refractivity contribution in [3.05, 3.63) is 35.9 Å². The average Bonchev–Trinajstić information content (AvgIpc) is 3.02. The van der Waals surface area contributed by atoms with Gasteiger partial charge in [-0.25, -0.2) is 14.4 Å². The predicted molar refractivity (Wildman–Crippen MR) is 113 cm³/mol. The first kappa shape index (κ1) is 21.7. The molecular weight excluding hydrogens is 386 g/mol. The molecule has 2 fully saturated rings. The first-order valence-corrected chi connectivity index (χ1v) is 10.0. The van der Waals surface area contributed by atoms with E-state index >= 15 is 0 Å². The van der Waals surface area contributed by atoms with E-state index in [1.54, 1.807) is 9.80 Å². The number of rotatable bonds is 3. The number of allylic oxidation sites excluding steroid dienone is 1. The molecule has 1 atom stereocenters. The van der Waals surface area contributed by atoms with Crippen LogP contribution in [0.5, 0.6) is 0 Å². The van der Waals surface area contributed by atoms with Gasteiger partial charge in [-0.15, -0.1) is 0 Å². The minimum atomic E-state index is -0.548. The molecule has 8 heteroatoms. The summed E-state index contributed by atoms with van der Waals surface area (Å²) < 4.78 is 10.1. The van der Waals surface area contributed by atoms with Gasteiger partial charge in [0.2, 0.25) is 0 Å². The zero-order chi connectivity index (χ0) is 22.1. The maximum absolute atomic E-state index is 12.9. The number of benzene rings is 1. The Bertz CT molecular complexity index is 857. The summed E-state index contributed by atoms with van der Waals surface area (Å²) in [6, 6.07) is 7.36. The molecule has 2 aliphatic heterocycles. The largest absolute Gasteiger partial charge is 0.466 e. The topological polar surface area (TPSA) is 79.4 Å². The Balaban J connectivity index is 1.68. The second-order valence-corrected chi connectivity index (χ2v) is 8.56. The van der Waals surface area contributed by atoms with Gasteiger partial charge in [-0.2, -0.15) is 0 Å². The molecule has 0 unspecified atom stereocenters. The second kappa shape index (κ2) is 8.38. The number of anilines is 1. The molecule has 30 heavy (non-hydrogen) atoms. The molecule has 2 aliphatic rings. The molecule has 0 spiro atoms. The molecular formula is C22H29N3O5. The Hall–Kier alpha value is -3.03. The third-order valence-corrected chi connectivity index (χ3v) is 5.17. The number of fused-ring (bicyclic) bond motifs is 1. The Morgan fingerprint density at radius 2 is 1.77 bits per heavy atom. The fourth-order valence-electron chi connectivity index (χ4n) is 3.64. The molecule has 0 N–H and O–H groups in total. The smallest absolute Gasteiger partial charge is 0.410 e. The van der Waals surface area contributed by atoms with Crippen LogP contribution in [-0.4, -0.2) is 72.8 Å². The van der Waals surface area contributed by atoms with Gasteiger partial charge in [0.1, 0.15) is 5.60 Å². The van der Waals surface area contributed by atoms with E-state index in [4.69, 9.17) is 4.74 Å². The van der Waals surface area contributed by atoms with Crippen LogP contribution < -0.4 is 4.90 Å². The van der Waals surface area contributed by atoms with Crippen LogP contribution in [0.25, 0.3) is 5.57 Å². The number of amides is 3. The highest BCUT2D eigenvalue weighted by molar-refractivity contribution is 5.95. The molecule has 0 aromatic heterocycles. The number of urea groups is 1. The summed E-state index contributed by atoms with van der Waals surface area (Å²) in [5, 5.41) is 0. The van der Waals surface area contributed by atoms with Gasteiger partial charge in [0.15, 0.2) is 0 Å². The zero-order valence-corrected chi connectivity index (χ0v) is 18.2. The molecule has 8 nitrogen and oxygen atoms in total. The van der Waals surface area contributed by atoms with Crippen LogP contribution in [-0.2, 0) is 14.3 Å². The highest BCUT2D eigenvalue weighted by Gasteiger charge is 2.42. The summed E-state index contributed by atoms with van der Waals surface area (Å²) in [4.78, 5) is 41.9. The Morgan fingerprint density at radius 3 is 2.37 bits per heavy atom. The summed E-state index contributed by atoms with van der Waals surface area (Å²) in [6.07, 6.45) is 1.09. The van der Waals surface area contributed by atoms with Crippen molar-refractivity contribution in [3.8, 4) is 0 Å². The molecule has 162 valence electrons. The van der Waals surface area contributed by atoms with E-state index in [1.165, 1.54) is 13.2 Å². The van der Waals surface area contributed by atoms with Gasteiger partial charge in [-0.05, 0) is 51.0 Å². The molecule has 0 saturated carbocycles. The summed E-state index contributed by atoms with van der Waals surface area (Å²) in [5.41, 5.74) is 1.90. The molecule has 1 aromatic rings. The molecule has 3 rings (SSSR count). The summed E-state index contributed by atoms with van der Waals surface area (Å²) in [6.45, 7) is 9.26. The first-order chi connectivity index (χ1) is 14.1. The first-order valence-electron chi connectivity index (χ1n) is 10.0. The lowest BCUT2D eigenvalue weighted by atomic mass is 10.1. The highest BCUT2D eigenvalue weighted by atomic mass is 16.6. The van der Waals surface area contributed by atoms with Gasteiger partial charge in [0.05, 0.1) is 13.2 Å². The minimum Gasteiger partial charge on any atom is -0.466 e. The lowest BCUT2D eigenvalue weighted by Gasteiger charge is -2.36. The van der Waals surface area contributed by atoms with Crippen molar-refractivity contribution in [2.75, 3.05) is 38.2 Å². The van der Waals surface area contributed by atoms with Gasteiger partial charge in [0, 0.05) is 37.9 Å². The quantitative estimate of drug-likeness (QED) is 0.560. The predicted octanol–water partition coefficient (Wildman–Crippen LogP) is 3.12. The number of carbonyl (C=O) groups is 3. The van der Waals surface area contributed by atoms with Crippen LogP contribution in [0.3, 0.4) is 0 Å². The van der Waals surface area contributed by atoms with Crippen molar-refractivity contribution in [2.24, 2.45) is 0 Å². The molecule has 0 bridgehead atoms. The zero-order valence-electron chi connectivity index (χ0n) is 18.2. The lowest BCUT2D eigenvalue weighted by Crippen LogP contribution is -2.54. The fourth-order valence-corrected chi connectivity index (χ4v) is 3.64. The van der Waals surface area contributed by atoms with Crippen molar-refractivity contribution in [2.45, 2.75) is 39.3 Å². The van der Waals surface area contributed by atoms with Crippen molar-refractivity contribution >= 4 is 29.4 Å². The van der Waals surface area contributed by atoms with E-state index in [-0.39, 0.29) is 18.2 Å². The number of piperazine rings is 1. The third kappa shape index (κ3) is 4.75. The van der Waals surface area contributed by atoms with E-state index < -0.39 is 11.6 Å². The van der Waals surface area contributed by atoms with Gasteiger partial charge in [-0.1, -0.05) is 12.1 Å². The van der Waals surface area contributed by atoms with Crippen LogP contribution in [0.15, 0.2) is 30.3 Å². The number of hydrogen-bond acceptors (Lipinski definition) is 5. The van der Waals surface area contributed by atoms with Crippen molar-refractivity contribution < 1.29 is 23.9 Å². The Labute approximate surface area is 177 Å². The fraction of sp³-hybridized carbons (Fsp3) is 0.500. The molecule has 1 aromatic carbocycles. The number of nitrogens with zero attached hydrogens (tertiary/aromatic N) is 3. The summed E-state index contributed by atoms with van der Waals surface area (Å²) >= 11 is 0. The summed E-state index contributed by atoms with van der Waals surface area (Å²) in [5.74, 6) is -0.405. The third-order valence-electron chi connectivity index (χ3n) is 5.17. The van der Waals surface area contributed by atoms with E-state index in [0.717, 1.165) is 16.8 Å². The van der Waals surface area contributed by atoms with Gasteiger partial charge in [0.25, 0.3) is 0 Å². The number of ether oxygens (including phenoxy) is 2. The normalized spacial score (nSPS) is 19.6. The van der Waals surface area contributed by atoms with Gasteiger partial charge < -0.3 is 19.3 Å². The average molecular weight is 415 g/mol. The van der Waals surface area contributed by atoms with Crippen molar-refractivity contribution in [1.82, 2.24) is 9.80 Å². The van der Waals surface area contributed by atoms with Crippen LogP contribution in [0.4, 0.5) is 15.3 Å². The van der Waals surface area contributed by atoms with E-state index in [0.29, 0.717) is 26.2 Å². The number of methoxy groups -OCH3 is 1. The van der Waals surface area contributed by atoms with Crippen LogP contribution >= 0.6 is 0 Å². The van der Waals surface area contributed by atoms with E-state index in [2.05, 4.69) is 4.74 Å². The Kier molecular flexibility index (Phi) is 6.05. The molecule has 2 heterocycles. The standard InChI is InChI=1S/C22H29N3O5/c1-15(12-19(26)29-5)16-6-8-17(9-7-16)25-14-18-13-23(10-11-24(18)20(25)27)21(28)30-22(2,3)4/h6-9,12,18H,10-11,13-14H2,1-5H3/t18-/m0/s1. The van der Waals surface area contributed by atoms with Crippen molar-refractivity contribution in [1.29, 1.82) is 0 Å². The van der Waals surface area contributed by atoms with Crippen LogP contribution in [0.1, 0.15) is 33.3 Å². The lowest BCUT2D eigenvalue weighted by molar-refractivity contribution is -0.134. The second-order valence-electron chi connectivity index (χ2n) is 8.56. The van der Waals surface area contributed by atoms with E-state index in [1.807, 2.05) is 56.9 Å². The minimum absolute atomic E-state index is 0.0570. The highest BCUT2D eigenvalue weighted by Crippen LogP contribution is 2.28. The van der Waals surface area contributed by atoms with E-state index in [9.17, 15) is 14.4 Å². The van der Waals surface area contributed by atoms with Crippen molar-refractivity contribution in [3.63, 3.8) is 0 Å². The molecule has 0 radical (unpaired) electrons. The number of hydrogen-bond donors (Lipinski definition) is 0. The monoisotopic (exact) mass is 415 g/mol. The molecule has 0 aliphatic carbocycles.